The maximum atomic E-state index is 12.6. The van der Waals surface area contributed by atoms with Gasteiger partial charge in [0.2, 0.25) is 0 Å². The van der Waals surface area contributed by atoms with Crippen LogP contribution in [0.1, 0.15) is 0 Å². The fourth-order valence-electron chi connectivity index (χ4n) is 2.34. The molecule has 0 unspecified atom stereocenters. The topological polar surface area (TPSA) is 91.1 Å². The van der Waals surface area contributed by atoms with E-state index in [1.165, 1.54) is 4.57 Å². The number of nitrogens with two attached hydrogens (primary N) is 1. The Morgan fingerprint density at radius 1 is 1.05 bits per heavy atom. The van der Waals surface area contributed by atoms with Crippen LogP contribution in [0.3, 0.4) is 0 Å². The zero-order valence-corrected chi connectivity index (χ0v) is 10.8. The predicted octanol–water partition coefficient (Wildman–Crippen LogP) is 1.01. The smallest absolute Gasteiger partial charge is 0.285 e. The van der Waals surface area contributed by atoms with Gasteiger partial charge in [0, 0.05) is 12.3 Å². The van der Waals surface area contributed by atoms with E-state index in [2.05, 4.69) is 15.3 Å². The Balaban J connectivity index is 2.10. The van der Waals surface area contributed by atoms with E-state index in [9.17, 15) is 4.79 Å². The molecular formula is C14H10N6O. The minimum Gasteiger partial charge on any atom is -0.397 e. The molecule has 0 fully saturated rings. The maximum absolute atomic E-state index is 12.6. The fraction of sp³-hybridized carbons (Fsp3) is 0. The van der Waals surface area contributed by atoms with Crippen LogP contribution in [-0.2, 0) is 0 Å². The summed E-state index contributed by atoms with van der Waals surface area (Å²) in [6, 6.07) is 10.7. The van der Waals surface area contributed by atoms with Crippen LogP contribution in [-0.4, -0.2) is 24.4 Å². The lowest BCUT2D eigenvalue weighted by atomic mass is 10.2. The second-order valence-electron chi connectivity index (χ2n) is 4.58. The van der Waals surface area contributed by atoms with Gasteiger partial charge in [-0.3, -0.25) is 9.36 Å². The van der Waals surface area contributed by atoms with E-state index >= 15 is 0 Å². The lowest BCUT2D eigenvalue weighted by Gasteiger charge is -2.09. The summed E-state index contributed by atoms with van der Waals surface area (Å²) in [5, 5.41) is 12.2. The molecule has 0 aliphatic carbocycles. The molecule has 0 aliphatic rings. The molecule has 1 aromatic carbocycles. The first-order valence-corrected chi connectivity index (χ1v) is 6.32. The molecule has 4 aromatic rings. The first-order chi connectivity index (χ1) is 10.3. The average Bonchev–Trinajstić information content (AvgIpc) is 2.97. The first-order valence-electron chi connectivity index (χ1n) is 6.32. The molecule has 4 rings (SSSR count). The third-order valence-corrected chi connectivity index (χ3v) is 3.35. The minimum atomic E-state index is -0.282. The van der Waals surface area contributed by atoms with E-state index in [0.29, 0.717) is 22.5 Å². The van der Waals surface area contributed by atoms with Crippen molar-refractivity contribution in [1.82, 2.24) is 24.4 Å². The molecule has 3 aromatic heterocycles. The van der Waals surface area contributed by atoms with Crippen molar-refractivity contribution in [3.8, 4) is 5.69 Å². The molecule has 0 atom stereocenters. The summed E-state index contributed by atoms with van der Waals surface area (Å²) >= 11 is 0. The number of hydrogen-bond acceptors (Lipinski definition) is 5. The molecular weight excluding hydrogens is 268 g/mol. The highest BCUT2D eigenvalue weighted by atomic mass is 16.1. The van der Waals surface area contributed by atoms with Crippen LogP contribution in [0.5, 0.6) is 0 Å². The van der Waals surface area contributed by atoms with Crippen molar-refractivity contribution >= 4 is 22.4 Å². The first kappa shape index (κ1) is 11.6. The van der Waals surface area contributed by atoms with Crippen molar-refractivity contribution in [3.63, 3.8) is 0 Å². The normalized spacial score (nSPS) is 11.2. The van der Waals surface area contributed by atoms with Crippen LogP contribution < -0.4 is 11.3 Å². The highest BCUT2D eigenvalue weighted by Gasteiger charge is 2.11. The second kappa shape index (κ2) is 4.14. The van der Waals surface area contributed by atoms with Gasteiger partial charge in [0.25, 0.3) is 5.56 Å². The van der Waals surface area contributed by atoms with Gasteiger partial charge in [-0.2, -0.15) is 5.10 Å². The van der Waals surface area contributed by atoms with Gasteiger partial charge in [-0.15, -0.1) is 10.2 Å². The van der Waals surface area contributed by atoms with Crippen LogP contribution in [0, 0.1) is 0 Å². The van der Waals surface area contributed by atoms with Crippen molar-refractivity contribution in [3.05, 3.63) is 59.1 Å². The molecule has 0 radical (unpaired) electrons. The van der Waals surface area contributed by atoms with Crippen molar-refractivity contribution in [2.45, 2.75) is 0 Å². The Kier molecular flexibility index (Phi) is 2.28. The van der Waals surface area contributed by atoms with Crippen molar-refractivity contribution in [2.75, 3.05) is 5.73 Å². The summed E-state index contributed by atoms with van der Waals surface area (Å²) in [5.41, 5.74) is 8.24. The van der Waals surface area contributed by atoms with Crippen LogP contribution in [0.4, 0.5) is 5.69 Å². The van der Waals surface area contributed by atoms with Gasteiger partial charge in [-0.1, -0.05) is 12.1 Å². The number of pyridine rings is 1. The second-order valence-corrected chi connectivity index (χ2v) is 4.58. The summed E-state index contributed by atoms with van der Waals surface area (Å²) in [5.74, 6) is 0. The SMILES string of the molecule is Nc1ccccc1-n1ccc2c(nnc3ccnn32)c1=O. The molecule has 2 N–H and O–H groups in total. The van der Waals surface area contributed by atoms with Crippen LogP contribution >= 0.6 is 0 Å². The van der Waals surface area contributed by atoms with Crippen LogP contribution in [0.2, 0.25) is 0 Å². The third kappa shape index (κ3) is 1.61. The number of nitrogen functional groups attached to an aromatic ring is 1. The van der Waals surface area contributed by atoms with E-state index in [1.54, 1.807) is 41.2 Å². The zero-order valence-electron chi connectivity index (χ0n) is 10.8. The van der Waals surface area contributed by atoms with Crippen molar-refractivity contribution < 1.29 is 0 Å². The lowest BCUT2D eigenvalue weighted by Crippen LogP contribution is -2.21. The number of fused-ring (bicyclic) bond motifs is 3. The lowest BCUT2D eigenvalue weighted by molar-refractivity contribution is 0.917. The van der Waals surface area contributed by atoms with E-state index in [0.717, 1.165) is 0 Å². The number of benzene rings is 1. The molecule has 7 nitrogen and oxygen atoms in total. The molecule has 0 spiro atoms. The van der Waals surface area contributed by atoms with E-state index < -0.39 is 0 Å². The van der Waals surface area contributed by atoms with Crippen molar-refractivity contribution in [2.24, 2.45) is 0 Å². The molecule has 0 saturated carbocycles. The molecule has 0 bridgehead atoms. The van der Waals surface area contributed by atoms with Gasteiger partial charge >= 0.3 is 0 Å². The summed E-state index contributed by atoms with van der Waals surface area (Å²) in [6.45, 7) is 0. The van der Waals surface area contributed by atoms with Crippen LogP contribution in [0.15, 0.2) is 53.6 Å². The Hall–Kier alpha value is -3.22. The predicted molar refractivity (Wildman–Crippen MR) is 78.3 cm³/mol. The number of hydrogen-bond donors (Lipinski definition) is 1. The molecule has 21 heavy (non-hydrogen) atoms. The average molecular weight is 278 g/mol. The van der Waals surface area contributed by atoms with E-state index in [4.69, 9.17) is 5.73 Å². The van der Waals surface area contributed by atoms with Gasteiger partial charge in [0.15, 0.2) is 11.2 Å². The Morgan fingerprint density at radius 3 is 2.76 bits per heavy atom. The highest BCUT2D eigenvalue weighted by molar-refractivity contribution is 5.75. The quantitative estimate of drug-likeness (QED) is 0.525. The maximum Gasteiger partial charge on any atom is 0.285 e. The van der Waals surface area contributed by atoms with E-state index in [-0.39, 0.29) is 11.1 Å². The van der Waals surface area contributed by atoms with Gasteiger partial charge in [0.1, 0.15) is 5.52 Å². The molecule has 0 saturated heterocycles. The summed E-state index contributed by atoms with van der Waals surface area (Å²) in [7, 11) is 0. The van der Waals surface area contributed by atoms with Crippen molar-refractivity contribution in [1.29, 1.82) is 0 Å². The van der Waals surface area contributed by atoms with Gasteiger partial charge in [0.05, 0.1) is 17.6 Å². The molecule has 102 valence electrons. The summed E-state index contributed by atoms with van der Waals surface area (Å²) < 4.78 is 3.05. The number of rotatable bonds is 1. The fourth-order valence-corrected chi connectivity index (χ4v) is 2.34. The largest absolute Gasteiger partial charge is 0.397 e. The Bertz CT molecular complexity index is 1030. The van der Waals surface area contributed by atoms with Gasteiger partial charge in [-0.05, 0) is 18.2 Å². The standard InChI is InChI=1S/C14H10N6O/c15-9-3-1-2-4-10(9)19-8-6-11-13(14(19)21)18-17-12-5-7-16-20(11)12/h1-8H,15H2. The molecule has 0 aliphatic heterocycles. The summed E-state index contributed by atoms with van der Waals surface area (Å²) in [4.78, 5) is 12.6. The van der Waals surface area contributed by atoms with Crippen LogP contribution in [0.25, 0.3) is 22.4 Å². The highest BCUT2D eigenvalue weighted by Crippen LogP contribution is 2.16. The molecule has 7 heteroatoms. The van der Waals surface area contributed by atoms with E-state index in [1.807, 2.05) is 12.1 Å². The number of aromatic nitrogens is 5. The Morgan fingerprint density at radius 2 is 1.90 bits per heavy atom. The molecule has 3 heterocycles. The number of anilines is 1. The number of para-hydroxylation sites is 2. The number of nitrogens with zero attached hydrogens (tertiary/aromatic N) is 5. The summed E-state index contributed by atoms with van der Waals surface area (Å²) in [6.07, 6.45) is 3.28. The zero-order chi connectivity index (χ0) is 14.4. The Labute approximate surface area is 118 Å². The van der Waals surface area contributed by atoms with Gasteiger partial charge < -0.3 is 5.73 Å². The monoisotopic (exact) mass is 278 g/mol. The minimum absolute atomic E-state index is 0.247. The third-order valence-electron chi connectivity index (χ3n) is 3.35. The molecule has 0 amide bonds. The van der Waals surface area contributed by atoms with Gasteiger partial charge in [-0.25, -0.2) is 4.52 Å².